The van der Waals surface area contributed by atoms with Crippen LogP contribution in [0.4, 0.5) is 4.39 Å². The van der Waals surface area contributed by atoms with Gasteiger partial charge in [0.25, 0.3) is 5.91 Å². The summed E-state index contributed by atoms with van der Waals surface area (Å²) < 4.78 is 14.5. The summed E-state index contributed by atoms with van der Waals surface area (Å²) in [4.78, 5) is 14.5. The van der Waals surface area contributed by atoms with Crippen LogP contribution in [0.1, 0.15) is 31.3 Å². The fourth-order valence-corrected chi connectivity index (χ4v) is 2.60. The van der Waals surface area contributed by atoms with E-state index in [0.29, 0.717) is 11.4 Å². The summed E-state index contributed by atoms with van der Waals surface area (Å²) in [5, 5.41) is 7.29. The number of halogens is 1. The van der Waals surface area contributed by atoms with Gasteiger partial charge in [-0.15, -0.1) is 0 Å². The first-order chi connectivity index (χ1) is 11.2. The normalized spacial score (nSPS) is 13.1. The number of aromatic nitrogens is 2. The molecule has 1 heterocycles. The van der Waals surface area contributed by atoms with Crippen LogP contribution in [0.25, 0.3) is 5.69 Å². The van der Waals surface area contributed by atoms with Crippen LogP contribution < -0.4 is 5.32 Å². The van der Waals surface area contributed by atoms with Crippen molar-refractivity contribution in [2.24, 2.45) is 5.41 Å². The van der Waals surface area contributed by atoms with Crippen molar-refractivity contribution in [3.05, 3.63) is 48.0 Å². The number of hydrogen-bond donors (Lipinski definition) is 1. The maximum Gasteiger partial charge on any atom is 0.272 e. The summed E-state index contributed by atoms with van der Waals surface area (Å²) in [5.41, 5.74) is 0.974. The molecule has 130 valence electrons. The highest BCUT2D eigenvalue weighted by Crippen LogP contribution is 2.21. The van der Waals surface area contributed by atoms with E-state index in [-0.39, 0.29) is 23.2 Å². The van der Waals surface area contributed by atoms with Gasteiger partial charge in [0.1, 0.15) is 5.82 Å². The average Bonchev–Trinajstić information content (AvgIpc) is 2.96. The largest absolute Gasteiger partial charge is 0.348 e. The molecule has 2 aromatic rings. The van der Waals surface area contributed by atoms with Crippen LogP contribution >= 0.6 is 0 Å². The fraction of sp³-hybridized carbons (Fsp3) is 0.444. The quantitative estimate of drug-likeness (QED) is 0.885. The molecule has 5 nitrogen and oxygen atoms in total. The Morgan fingerprint density at radius 2 is 1.92 bits per heavy atom. The lowest BCUT2D eigenvalue weighted by Crippen LogP contribution is -2.47. The second-order valence-corrected chi connectivity index (χ2v) is 7.04. The van der Waals surface area contributed by atoms with Gasteiger partial charge in [-0.05, 0) is 56.8 Å². The van der Waals surface area contributed by atoms with Gasteiger partial charge in [0.05, 0.1) is 5.69 Å². The van der Waals surface area contributed by atoms with Crippen molar-refractivity contribution in [2.45, 2.75) is 26.8 Å². The van der Waals surface area contributed by atoms with E-state index in [2.05, 4.69) is 29.2 Å². The molecule has 6 heteroatoms. The molecule has 0 unspecified atom stereocenters. The molecule has 0 radical (unpaired) electrons. The van der Waals surface area contributed by atoms with Crippen LogP contribution in [-0.4, -0.2) is 47.3 Å². The van der Waals surface area contributed by atoms with E-state index >= 15 is 0 Å². The fourth-order valence-electron chi connectivity index (χ4n) is 2.60. The summed E-state index contributed by atoms with van der Waals surface area (Å²) in [6.07, 6.45) is 1.69. The molecule has 0 fully saturated rings. The molecule has 0 aliphatic carbocycles. The Morgan fingerprint density at radius 1 is 1.29 bits per heavy atom. The molecule has 1 aromatic carbocycles. The summed E-state index contributed by atoms with van der Waals surface area (Å²) in [6.45, 7) is 7.10. The van der Waals surface area contributed by atoms with Gasteiger partial charge in [-0.2, -0.15) is 5.10 Å². The lowest BCUT2D eigenvalue weighted by molar-refractivity contribution is 0.0880. The van der Waals surface area contributed by atoms with Gasteiger partial charge < -0.3 is 10.2 Å². The predicted octanol–water partition coefficient (Wildman–Crippen LogP) is 2.72. The second-order valence-electron chi connectivity index (χ2n) is 7.04. The first-order valence-electron chi connectivity index (χ1n) is 7.96. The smallest absolute Gasteiger partial charge is 0.272 e. The van der Waals surface area contributed by atoms with Crippen molar-refractivity contribution in [2.75, 3.05) is 20.6 Å². The van der Waals surface area contributed by atoms with E-state index in [1.807, 2.05) is 21.0 Å². The Hall–Kier alpha value is -2.21. The highest BCUT2D eigenvalue weighted by Gasteiger charge is 2.28. The van der Waals surface area contributed by atoms with Crippen LogP contribution in [-0.2, 0) is 0 Å². The maximum absolute atomic E-state index is 13.0. The van der Waals surface area contributed by atoms with Gasteiger partial charge in [-0.1, -0.05) is 13.8 Å². The molecule has 1 N–H and O–H groups in total. The van der Waals surface area contributed by atoms with E-state index in [1.54, 1.807) is 29.1 Å². The van der Waals surface area contributed by atoms with Crippen LogP contribution in [0.2, 0.25) is 0 Å². The molecule has 0 saturated heterocycles. The second kappa shape index (κ2) is 7.13. The van der Waals surface area contributed by atoms with E-state index < -0.39 is 0 Å². The summed E-state index contributed by atoms with van der Waals surface area (Å²) in [6, 6.07) is 7.61. The minimum Gasteiger partial charge on any atom is -0.348 e. The minimum atomic E-state index is -0.305. The zero-order chi connectivity index (χ0) is 17.9. The predicted molar refractivity (Wildman–Crippen MR) is 92.8 cm³/mol. The minimum absolute atomic E-state index is 0.0108. The third kappa shape index (κ3) is 4.41. The molecular formula is C18H25FN4O. The van der Waals surface area contributed by atoms with E-state index in [0.717, 1.165) is 6.54 Å². The average molecular weight is 332 g/mol. The Kier molecular flexibility index (Phi) is 5.39. The topological polar surface area (TPSA) is 50.2 Å². The molecule has 0 bridgehead atoms. The van der Waals surface area contributed by atoms with Crippen LogP contribution in [0, 0.1) is 11.2 Å². The number of carbonyl (C=O) groups excluding carboxylic acids is 1. The number of amides is 1. The molecule has 1 amide bonds. The molecule has 2 rings (SSSR count). The van der Waals surface area contributed by atoms with Gasteiger partial charge in [-0.25, -0.2) is 9.07 Å². The van der Waals surface area contributed by atoms with Crippen molar-refractivity contribution < 1.29 is 9.18 Å². The lowest BCUT2D eigenvalue weighted by Gasteiger charge is -2.34. The molecule has 1 atom stereocenters. The van der Waals surface area contributed by atoms with E-state index in [1.165, 1.54) is 12.1 Å². The van der Waals surface area contributed by atoms with Gasteiger partial charge in [-0.3, -0.25) is 4.79 Å². The zero-order valence-electron chi connectivity index (χ0n) is 14.9. The lowest BCUT2D eigenvalue weighted by atomic mass is 9.85. The molecule has 24 heavy (non-hydrogen) atoms. The molecule has 0 saturated carbocycles. The first kappa shape index (κ1) is 18.1. The Bertz CT molecular complexity index is 691. The van der Waals surface area contributed by atoms with E-state index in [4.69, 9.17) is 0 Å². The highest BCUT2D eigenvalue weighted by atomic mass is 19.1. The molecular weight excluding hydrogens is 307 g/mol. The van der Waals surface area contributed by atoms with Crippen molar-refractivity contribution in [1.82, 2.24) is 20.0 Å². The Morgan fingerprint density at radius 3 is 2.50 bits per heavy atom. The third-order valence-corrected chi connectivity index (χ3v) is 4.16. The third-order valence-electron chi connectivity index (χ3n) is 4.16. The van der Waals surface area contributed by atoms with Crippen LogP contribution in [0.3, 0.4) is 0 Å². The van der Waals surface area contributed by atoms with Crippen molar-refractivity contribution in [3.63, 3.8) is 0 Å². The van der Waals surface area contributed by atoms with Crippen molar-refractivity contribution in [3.8, 4) is 5.69 Å². The van der Waals surface area contributed by atoms with Crippen LogP contribution in [0.15, 0.2) is 36.5 Å². The van der Waals surface area contributed by atoms with Gasteiger partial charge in [0.2, 0.25) is 0 Å². The van der Waals surface area contributed by atoms with Crippen LogP contribution in [0.5, 0.6) is 0 Å². The standard InChI is InChI=1S/C18H25FN4O/c1-13(18(2,3)12-22(4)5)20-17(24)16-10-11-23(21-16)15-8-6-14(19)7-9-15/h6-11,13H,12H2,1-5H3,(H,20,24)/t13-/m1/s1. The number of benzene rings is 1. The van der Waals surface area contributed by atoms with E-state index in [9.17, 15) is 9.18 Å². The number of nitrogens with zero attached hydrogens (tertiary/aromatic N) is 3. The molecule has 1 aromatic heterocycles. The molecule has 0 spiro atoms. The number of carbonyl (C=O) groups is 1. The summed E-state index contributed by atoms with van der Waals surface area (Å²) in [5.74, 6) is -0.518. The van der Waals surface area contributed by atoms with Gasteiger partial charge in [0.15, 0.2) is 5.69 Å². The first-order valence-corrected chi connectivity index (χ1v) is 7.96. The molecule has 0 aliphatic rings. The number of rotatable bonds is 6. The number of hydrogen-bond acceptors (Lipinski definition) is 3. The highest BCUT2D eigenvalue weighted by molar-refractivity contribution is 5.92. The van der Waals surface area contributed by atoms with Crippen molar-refractivity contribution in [1.29, 1.82) is 0 Å². The Balaban J connectivity index is 2.07. The van der Waals surface area contributed by atoms with Gasteiger partial charge in [0, 0.05) is 18.8 Å². The zero-order valence-corrected chi connectivity index (χ0v) is 14.9. The van der Waals surface area contributed by atoms with Crippen molar-refractivity contribution >= 4 is 5.91 Å². The Labute approximate surface area is 142 Å². The monoisotopic (exact) mass is 332 g/mol. The SMILES string of the molecule is C[C@@H](NC(=O)c1ccn(-c2ccc(F)cc2)n1)C(C)(C)CN(C)C. The summed E-state index contributed by atoms with van der Waals surface area (Å²) >= 11 is 0. The van der Waals surface area contributed by atoms with Gasteiger partial charge >= 0.3 is 0 Å². The number of nitrogens with one attached hydrogen (secondary N) is 1. The summed E-state index contributed by atoms with van der Waals surface area (Å²) in [7, 11) is 4.03. The molecule has 0 aliphatic heterocycles. The maximum atomic E-state index is 13.0.